The van der Waals surface area contributed by atoms with E-state index in [-0.39, 0.29) is 6.03 Å². The number of nitrogens with zero attached hydrogens (tertiary/aromatic N) is 2. The topological polar surface area (TPSA) is 91.9 Å². The van der Waals surface area contributed by atoms with Crippen LogP contribution >= 0.6 is 11.6 Å². The molecule has 0 bridgehead atoms. The second-order valence-electron chi connectivity index (χ2n) is 5.09. The van der Waals surface area contributed by atoms with Crippen LogP contribution in [0.1, 0.15) is 19.4 Å². The molecular weight excluding hydrogens is 326 g/mol. The van der Waals surface area contributed by atoms with Gasteiger partial charge in [-0.2, -0.15) is 5.10 Å². The molecule has 24 heavy (non-hydrogen) atoms. The molecule has 0 aliphatic carbocycles. The standard InChI is InChI=1S/C17H18ClN5O/c1-11(22-23-12(2)19)13-3-7-15(8-4-13)20-17(24)21-16-9-5-14(18)6-10-16/h3-10H,1-2H3,(H2,19,23)(H2,20,21,24)/b22-11+. The Morgan fingerprint density at radius 2 is 1.42 bits per heavy atom. The van der Waals surface area contributed by atoms with Crippen LogP contribution in [0.5, 0.6) is 0 Å². The highest BCUT2D eigenvalue weighted by atomic mass is 35.5. The highest BCUT2D eigenvalue weighted by molar-refractivity contribution is 6.30. The lowest BCUT2D eigenvalue weighted by Crippen LogP contribution is -2.19. The largest absolute Gasteiger partial charge is 0.386 e. The molecule has 0 atom stereocenters. The molecule has 2 aromatic rings. The quantitative estimate of drug-likeness (QED) is 0.443. The van der Waals surface area contributed by atoms with E-state index in [1.807, 2.05) is 19.1 Å². The van der Waals surface area contributed by atoms with Crippen LogP contribution in [0.2, 0.25) is 5.02 Å². The molecule has 0 saturated carbocycles. The molecule has 0 aliphatic heterocycles. The lowest BCUT2D eigenvalue weighted by molar-refractivity contribution is 0.262. The summed E-state index contributed by atoms with van der Waals surface area (Å²) >= 11 is 5.81. The van der Waals surface area contributed by atoms with Crippen molar-refractivity contribution in [3.05, 3.63) is 59.1 Å². The normalized spacial score (nSPS) is 12.0. The van der Waals surface area contributed by atoms with Crippen LogP contribution in [0.15, 0.2) is 58.7 Å². The number of rotatable bonds is 4. The van der Waals surface area contributed by atoms with Crippen LogP contribution in [0, 0.1) is 0 Å². The molecule has 6 nitrogen and oxygen atoms in total. The van der Waals surface area contributed by atoms with Gasteiger partial charge >= 0.3 is 6.03 Å². The lowest BCUT2D eigenvalue weighted by Gasteiger charge is -2.08. The van der Waals surface area contributed by atoms with E-state index in [9.17, 15) is 4.79 Å². The number of amidine groups is 1. The van der Waals surface area contributed by atoms with E-state index in [2.05, 4.69) is 20.8 Å². The van der Waals surface area contributed by atoms with Crippen molar-refractivity contribution in [3.63, 3.8) is 0 Å². The number of benzene rings is 2. The maximum atomic E-state index is 12.0. The number of hydrogen-bond donors (Lipinski definition) is 3. The monoisotopic (exact) mass is 343 g/mol. The van der Waals surface area contributed by atoms with Gasteiger partial charge in [-0.1, -0.05) is 23.7 Å². The molecule has 0 aromatic heterocycles. The first kappa shape index (κ1) is 17.5. The molecule has 0 saturated heterocycles. The fourth-order valence-electron chi connectivity index (χ4n) is 1.83. The average Bonchev–Trinajstić information content (AvgIpc) is 2.55. The van der Waals surface area contributed by atoms with E-state index >= 15 is 0 Å². The highest BCUT2D eigenvalue weighted by Gasteiger charge is 2.04. The van der Waals surface area contributed by atoms with Gasteiger partial charge in [-0.15, -0.1) is 5.10 Å². The van der Waals surface area contributed by atoms with Crippen LogP contribution in [0.4, 0.5) is 16.2 Å². The van der Waals surface area contributed by atoms with Crippen LogP contribution in [0.3, 0.4) is 0 Å². The third kappa shape index (κ3) is 5.40. The number of hydrogen-bond acceptors (Lipinski definition) is 3. The summed E-state index contributed by atoms with van der Waals surface area (Å²) in [5.41, 5.74) is 8.40. The summed E-state index contributed by atoms with van der Waals surface area (Å²) in [5.74, 6) is 0.395. The molecule has 0 fully saturated rings. The van der Waals surface area contributed by atoms with Gasteiger partial charge in [0, 0.05) is 16.4 Å². The van der Waals surface area contributed by atoms with Crippen molar-refractivity contribution in [1.82, 2.24) is 0 Å². The van der Waals surface area contributed by atoms with E-state index < -0.39 is 0 Å². The molecule has 0 radical (unpaired) electrons. The second kappa shape index (κ2) is 8.12. The van der Waals surface area contributed by atoms with Crippen molar-refractivity contribution < 1.29 is 4.79 Å². The molecule has 2 aromatic carbocycles. The molecule has 0 spiro atoms. The zero-order valence-corrected chi connectivity index (χ0v) is 14.1. The van der Waals surface area contributed by atoms with E-state index in [4.69, 9.17) is 17.3 Å². The molecule has 124 valence electrons. The summed E-state index contributed by atoms with van der Waals surface area (Å²) < 4.78 is 0. The Bertz CT molecular complexity index is 763. The number of nitrogens with two attached hydrogens (primary N) is 1. The van der Waals surface area contributed by atoms with Crippen molar-refractivity contribution in [1.29, 1.82) is 0 Å². The zero-order valence-electron chi connectivity index (χ0n) is 13.4. The molecule has 2 amide bonds. The predicted molar refractivity (Wildman–Crippen MR) is 100 cm³/mol. The third-order valence-corrected chi connectivity index (χ3v) is 3.27. The van der Waals surface area contributed by atoms with E-state index in [0.29, 0.717) is 22.2 Å². The minimum absolute atomic E-state index is 0.334. The Kier molecular flexibility index (Phi) is 5.92. The number of carbonyl (C=O) groups is 1. The van der Waals surface area contributed by atoms with Gasteiger partial charge in [0.15, 0.2) is 0 Å². The number of anilines is 2. The first-order valence-electron chi connectivity index (χ1n) is 7.22. The number of carbonyl (C=O) groups excluding carboxylic acids is 1. The lowest BCUT2D eigenvalue weighted by atomic mass is 10.1. The minimum Gasteiger partial charge on any atom is -0.386 e. The molecule has 0 heterocycles. The molecule has 7 heteroatoms. The maximum absolute atomic E-state index is 12.0. The smallest absolute Gasteiger partial charge is 0.323 e. The average molecular weight is 344 g/mol. The minimum atomic E-state index is -0.334. The van der Waals surface area contributed by atoms with Gasteiger partial charge in [0.25, 0.3) is 0 Å². The fourth-order valence-corrected chi connectivity index (χ4v) is 1.96. The van der Waals surface area contributed by atoms with Crippen LogP contribution in [0.25, 0.3) is 0 Å². The van der Waals surface area contributed by atoms with Gasteiger partial charge < -0.3 is 16.4 Å². The predicted octanol–water partition coefficient (Wildman–Crippen LogP) is 4.09. The molecular formula is C17H18ClN5O. The molecule has 2 rings (SSSR count). The first-order valence-corrected chi connectivity index (χ1v) is 7.60. The number of nitrogens with one attached hydrogen (secondary N) is 2. The number of urea groups is 1. The Balaban J connectivity index is 1.98. The maximum Gasteiger partial charge on any atom is 0.323 e. The molecule has 4 N–H and O–H groups in total. The Hall–Kier alpha value is -2.86. The van der Waals surface area contributed by atoms with Crippen LogP contribution in [-0.2, 0) is 0 Å². The van der Waals surface area contributed by atoms with Gasteiger partial charge in [-0.3, -0.25) is 0 Å². The van der Waals surface area contributed by atoms with Crippen molar-refractivity contribution in [2.24, 2.45) is 15.9 Å². The van der Waals surface area contributed by atoms with Crippen molar-refractivity contribution in [2.45, 2.75) is 13.8 Å². The third-order valence-electron chi connectivity index (χ3n) is 3.02. The summed E-state index contributed by atoms with van der Waals surface area (Å²) in [5, 5.41) is 13.9. The van der Waals surface area contributed by atoms with Crippen molar-refractivity contribution in [3.8, 4) is 0 Å². The van der Waals surface area contributed by atoms with Crippen molar-refractivity contribution >= 4 is 40.6 Å². The summed E-state index contributed by atoms with van der Waals surface area (Å²) in [4.78, 5) is 12.0. The van der Waals surface area contributed by atoms with E-state index in [1.165, 1.54) is 0 Å². The first-order chi connectivity index (χ1) is 11.4. The van der Waals surface area contributed by atoms with Gasteiger partial charge in [0.1, 0.15) is 5.84 Å². The summed E-state index contributed by atoms with van der Waals surface area (Å²) in [7, 11) is 0. The van der Waals surface area contributed by atoms with Gasteiger partial charge in [-0.05, 0) is 55.8 Å². The summed E-state index contributed by atoms with van der Waals surface area (Å²) in [6.07, 6.45) is 0. The second-order valence-corrected chi connectivity index (χ2v) is 5.53. The Morgan fingerprint density at radius 3 is 1.92 bits per heavy atom. The Morgan fingerprint density at radius 1 is 0.917 bits per heavy atom. The number of amides is 2. The number of halogens is 1. The van der Waals surface area contributed by atoms with Crippen LogP contribution in [-0.4, -0.2) is 17.6 Å². The summed E-state index contributed by atoms with van der Waals surface area (Å²) in [6, 6.07) is 13.8. The van der Waals surface area contributed by atoms with Gasteiger partial charge in [-0.25, -0.2) is 4.79 Å². The van der Waals surface area contributed by atoms with Crippen molar-refractivity contribution in [2.75, 3.05) is 10.6 Å². The summed E-state index contributed by atoms with van der Waals surface area (Å²) in [6.45, 7) is 3.51. The fraction of sp³-hybridized carbons (Fsp3) is 0.118. The van der Waals surface area contributed by atoms with E-state index in [0.717, 1.165) is 11.3 Å². The van der Waals surface area contributed by atoms with Gasteiger partial charge in [0.05, 0.1) is 5.71 Å². The van der Waals surface area contributed by atoms with Crippen LogP contribution < -0.4 is 16.4 Å². The molecule has 0 unspecified atom stereocenters. The Labute approximate surface area is 145 Å². The highest BCUT2D eigenvalue weighted by Crippen LogP contribution is 2.15. The van der Waals surface area contributed by atoms with Gasteiger partial charge in [0.2, 0.25) is 0 Å². The molecule has 0 aliphatic rings. The zero-order chi connectivity index (χ0) is 17.5. The SMILES string of the molecule is CC(N)=N/N=C(\C)c1ccc(NC(=O)Nc2ccc(Cl)cc2)cc1. The van der Waals surface area contributed by atoms with E-state index in [1.54, 1.807) is 43.3 Å².